The molecule has 19 heteroatoms. The summed E-state index contributed by atoms with van der Waals surface area (Å²) in [5, 5.41) is 14.6. The average molecular weight is 1670 g/mol. The molecule has 464 valence electrons. The van der Waals surface area contributed by atoms with Crippen LogP contribution in [0.3, 0.4) is 0 Å². The zero-order chi connectivity index (χ0) is 63.3. The Labute approximate surface area is 599 Å². The highest BCUT2D eigenvalue weighted by Gasteiger charge is 2.16. The zero-order valence-electron chi connectivity index (χ0n) is 50.0. The van der Waals surface area contributed by atoms with E-state index < -0.39 is 7.92 Å². The molecule has 0 aliphatic heterocycles. The molecule has 0 fully saturated rings. The Kier molecular flexibility index (Phi) is 34.7. The van der Waals surface area contributed by atoms with Gasteiger partial charge in [-0.2, -0.15) is 0 Å². The van der Waals surface area contributed by atoms with E-state index in [0.717, 1.165) is 39.1 Å². The van der Waals surface area contributed by atoms with Gasteiger partial charge in [-0.15, -0.1) is 94.1 Å². The molecule has 9 aromatic rings. The number of hydrogen-bond acceptors (Lipinski definition) is 13. The van der Waals surface area contributed by atoms with Crippen molar-refractivity contribution < 1.29 is 24.1 Å². The van der Waals surface area contributed by atoms with Gasteiger partial charge in [0.15, 0.2) is 1.05 Å². The standard InChI is InChI=1S/C25H27BrO2S4.C25H28O3S4.C18H15P.CBr4/c2*1-29-22-7-18(8-23(12-22)30-2)15-27-20-5-17(14-26)6-21(11-20)28-16-19-9-24(31-3)13-25(10-19)32-4;1-4-10-16(11-5-1)19(17-12-6-2-7-13-17)18-14-8-3-9-15-18;2-1(3,4)5/h5-13H,14-16H2,1-4H3;5-13,26H,14-16H2,1-4H3;1-15H;. The Morgan fingerprint density at radius 3 is 0.727 bits per heavy atom. The molecule has 0 heterocycles. The topological polar surface area (TPSA) is 57.2 Å². The lowest BCUT2D eigenvalue weighted by atomic mass is 10.2. The largest absolute Gasteiger partial charge is 0.489 e. The minimum Gasteiger partial charge on any atom is -0.489 e. The predicted molar refractivity (Wildman–Crippen MR) is 412 cm³/mol. The van der Waals surface area contributed by atoms with Crippen molar-refractivity contribution >= 4 is 198 Å². The number of ether oxygens (including phenoxy) is 4. The fraction of sp³-hybridized carbons (Fsp3) is 0.217. The van der Waals surface area contributed by atoms with E-state index >= 15 is 0 Å². The number of alkyl halides is 5. The first-order valence-corrected chi connectivity index (χ1v) is 42.6. The Morgan fingerprint density at radius 2 is 0.534 bits per heavy atom. The van der Waals surface area contributed by atoms with Gasteiger partial charge in [-0.05, 0) is 268 Å². The van der Waals surface area contributed by atoms with E-state index in [9.17, 15) is 5.11 Å². The summed E-state index contributed by atoms with van der Waals surface area (Å²) in [7, 11) is -0.446. The molecule has 9 aromatic carbocycles. The number of hydrogen-bond donors (Lipinski definition) is 1. The quantitative estimate of drug-likeness (QED) is 0.0336. The van der Waals surface area contributed by atoms with Crippen LogP contribution in [-0.4, -0.2) is 56.2 Å². The summed E-state index contributed by atoms with van der Waals surface area (Å²) < 4.78 is 24.3. The van der Waals surface area contributed by atoms with Gasteiger partial charge in [0, 0.05) is 56.6 Å². The minimum absolute atomic E-state index is 0.0648. The highest BCUT2D eigenvalue weighted by atomic mass is 80.0. The summed E-state index contributed by atoms with van der Waals surface area (Å²) in [5.41, 5.74) is 6.48. The number of aliphatic hydroxyl groups excluding tert-OH is 1. The third-order valence-electron chi connectivity index (χ3n) is 12.5. The fourth-order valence-electron chi connectivity index (χ4n) is 8.41. The minimum atomic E-state index is -0.446. The van der Waals surface area contributed by atoms with Gasteiger partial charge in [-0.3, -0.25) is 0 Å². The van der Waals surface area contributed by atoms with E-state index in [1.807, 2.05) is 24.3 Å². The van der Waals surface area contributed by atoms with E-state index in [0.29, 0.717) is 37.9 Å². The lowest BCUT2D eigenvalue weighted by molar-refractivity contribution is 0.270. The van der Waals surface area contributed by atoms with Crippen molar-refractivity contribution in [2.75, 3.05) is 50.0 Å². The van der Waals surface area contributed by atoms with Gasteiger partial charge in [0.2, 0.25) is 0 Å². The van der Waals surface area contributed by atoms with Crippen LogP contribution in [0.2, 0.25) is 0 Å². The summed E-state index contributed by atoms with van der Waals surface area (Å²) in [6.45, 7) is 1.91. The maximum atomic E-state index is 9.71. The molecule has 5 nitrogen and oxygen atoms in total. The number of benzene rings is 9. The first kappa shape index (κ1) is 74.8. The molecule has 0 amide bonds. The summed E-state index contributed by atoms with van der Waals surface area (Å²) in [4.78, 5) is 9.91. The Hall–Kier alpha value is -2.23. The second-order valence-electron chi connectivity index (χ2n) is 18.7. The van der Waals surface area contributed by atoms with Gasteiger partial charge in [-0.25, -0.2) is 0 Å². The number of thioether (sulfide) groups is 8. The van der Waals surface area contributed by atoms with Crippen molar-refractivity contribution in [3.05, 3.63) is 234 Å². The smallest absolute Gasteiger partial charge is 0.189 e. The van der Waals surface area contributed by atoms with Crippen LogP contribution in [0.4, 0.5) is 0 Å². The fourth-order valence-corrected chi connectivity index (χ4v) is 15.4. The molecule has 0 saturated carbocycles. The van der Waals surface area contributed by atoms with Crippen LogP contribution < -0.4 is 34.9 Å². The maximum absolute atomic E-state index is 9.71. The molecule has 0 atom stereocenters. The zero-order valence-corrected chi connectivity index (χ0v) is 65.3. The van der Waals surface area contributed by atoms with Gasteiger partial charge >= 0.3 is 0 Å². The van der Waals surface area contributed by atoms with Crippen LogP contribution in [0.1, 0.15) is 33.4 Å². The highest BCUT2D eigenvalue weighted by molar-refractivity contribution is 9.52. The monoisotopic (exact) mass is 1660 g/mol. The Bertz CT molecular complexity index is 3030. The molecule has 0 spiro atoms. The third kappa shape index (κ3) is 27.0. The van der Waals surface area contributed by atoms with Crippen LogP contribution in [-0.2, 0) is 38.4 Å². The van der Waals surface area contributed by atoms with Crippen molar-refractivity contribution in [1.29, 1.82) is 0 Å². The van der Waals surface area contributed by atoms with E-state index in [1.165, 1.54) is 66.2 Å². The van der Waals surface area contributed by atoms with E-state index in [4.69, 9.17) is 18.9 Å². The number of rotatable bonds is 25. The van der Waals surface area contributed by atoms with Gasteiger partial charge < -0.3 is 24.1 Å². The summed E-state index contributed by atoms with van der Waals surface area (Å²) in [5.74, 6) is 3.02. The SMILES string of the molecule is BrC(Br)(Br)Br.CSc1cc(COc2cc(CBr)cc(OCc3cc(SC)cc(SC)c3)c2)cc(SC)c1.CSc1cc(COc2cc(CO)cc(OCc3cc(SC)cc(SC)c3)c2)cc(SC)c1.c1ccc(P(c2ccccc2)c2ccccc2)cc1. The van der Waals surface area contributed by atoms with Gasteiger partial charge in [-0.1, -0.05) is 107 Å². The molecule has 0 aliphatic carbocycles. The van der Waals surface area contributed by atoms with Gasteiger partial charge in [0.25, 0.3) is 0 Å². The molecule has 0 aromatic heterocycles. The molecule has 1 N–H and O–H groups in total. The van der Waals surface area contributed by atoms with Crippen LogP contribution in [0.25, 0.3) is 0 Å². The van der Waals surface area contributed by atoms with Gasteiger partial charge in [0.1, 0.15) is 49.4 Å². The molecule has 88 heavy (non-hydrogen) atoms. The molecule has 0 radical (unpaired) electrons. The molecule has 0 unspecified atom stereocenters. The van der Waals surface area contributed by atoms with Crippen LogP contribution in [0.5, 0.6) is 23.0 Å². The first-order chi connectivity index (χ1) is 42.6. The number of halogens is 5. The third-order valence-corrected chi connectivity index (χ3v) is 21.3. The van der Waals surface area contributed by atoms with Crippen LogP contribution in [0, 0.1) is 0 Å². The van der Waals surface area contributed by atoms with Crippen molar-refractivity contribution in [1.82, 2.24) is 0 Å². The molecular weight excluding hydrogens is 1600 g/mol. The van der Waals surface area contributed by atoms with E-state index in [1.54, 1.807) is 94.1 Å². The summed E-state index contributed by atoms with van der Waals surface area (Å²) in [6, 6.07) is 70.2. The second kappa shape index (κ2) is 40.8. The Balaban J connectivity index is 0.000000208. The lowest BCUT2D eigenvalue weighted by Crippen LogP contribution is -2.20. The highest BCUT2D eigenvalue weighted by Crippen LogP contribution is 2.40. The normalized spacial score (nSPS) is 10.9. The van der Waals surface area contributed by atoms with E-state index in [-0.39, 0.29) is 7.66 Å². The predicted octanol–water partition coefficient (Wildman–Crippen LogP) is 22.5. The van der Waals surface area contributed by atoms with Crippen molar-refractivity contribution in [2.24, 2.45) is 0 Å². The summed E-state index contributed by atoms with van der Waals surface area (Å²) >= 11 is 30.0. The molecule has 0 bridgehead atoms. The first-order valence-electron chi connectivity index (χ1n) is 27.1. The summed E-state index contributed by atoms with van der Waals surface area (Å²) in [6.07, 6.45) is 16.7. The maximum Gasteiger partial charge on any atom is 0.189 e. The second-order valence-corrected chi connectivity index (χ2v) is 39.7. The van der Waals surface area contributed by atoms with Crippen LogP contribution in [0.15, 0.2) is 239 Å². The molecule has 0 saturated heterocycles. The molecule has 9 rings (SSSR count). The van der Waals surface area contributed by atoms with Crippen molar-refractivity contribution in [3.8, 4) is 23.0 Å². The molecule has 0 aliphatic rings. The number of aliphatic hydroxyl groups is 1. The lowest BCUT2D eigenvalue weighted by Gasteiger charge is -2.18. The van der Waals surface area contributed by atoms with E-state index in [2.05, 4.69) is 306 Å². The molecular formula is C69H70Br5O5PS8. The van der Waals surface area contributed by atoms with Crippen molar-refractivity contribution in [2.45, 2.75) is 78.6 Å². The Morgan fingerprint density at radius 1 is 0.318 bits per heavy atom. The van der Waals surface area contributed by atoms with Crippen molar-refractivity contribution in [3.63, 3.8) is 0 Å². The van der Waals surface area contributed by atoms with Crippen LogP contribution >= 0.6 is 182 Å². The average Bonchev–Trinajstić information content (AvgIpc) is 3.74. The van der Waals surface area contributed by atoms with Gasteiger partial charge in [0.05, 0.1) is 6.61 Å².